The van der Waals surface area contributed by atoms with Crippen LogP contribution in [0.1, 0.15) is 52.9 Å². The summed E-state index contributed by atoms with van der Waals surface area (Å²) in [7, 11) is -3.41. The van der Waals surface area contributed by atoms with E-state index in [0.29, 0.717) is 13.2 Å². The summed E-state index contributed by atoms with van der Waals surface area (Å²) in [5, 5.41) is 0. The molecular formula is C14H27O4P. The van der Waals surface area contributed by atoms with Crippen LogP contribution in [0.5, 0.6) is 0 Å². The molecule has 0 saturated heterocycles. The smallest absolute Gasteiger partial charge is 0.412 e. The number of hydrogen-bond acceptors (Lipinski definition) is 4. The van der Waals surface area contributed by atoms with Crippen LogP contribution in [0, 0.1) is 0 Å². The first-order valence-corrected chi connectivity index (χ1v) is 8.53. The van der Waals surface area contributed by atoms with Gasteiger partial charge in [0.05, 0.1) is 19.5 Å². The standard InChI is InChI=1S/C14H27O4P/c1-4-7-8-9-10-11-12-13-14-18-19(15,16-5-2)17-6-3/h11-14H,4-10H2,1-3H3/b12-11+,14-13+. The van der Waals surface area contributed by atoms with Gasteiger partial charge < -0.3 is 4.52 Å². The van der Waals surface area contributed by atoms with E-state index in [1.54, 1.807) is 19.9 Å². The van der Waals surface area contributed by atoms with Gasteiger partial charge >= 0.3 is 7.82 Å². The highest BCUT2D eigenvalue weighted by molar-refractivity contribution is 7.48. The van der Waals surface area contributed by atoms with Crippen molar-refractivity contribution in [2.45, 2.75) is 52.9 Å². The van der Waals surface area contributed by atoms with Crippen LogP contribution in [-0.4, -0.2) is 13.2 Å². The maximum atomic E-state index is 11.9. The summed E-state index contributed by atoms with van der Waals surface area (Å²) in [6, 6.07) is 0. The third-order valence-electron chi connectivity index (χ3n) is 2.31. The summed E-state index contributed by atoms with van der Waals surface area (Å²) in [6.45, 7) is 6.27. The Hall–Kier alpha value is -0.570. The molecule has 0 spiro atoms. The lowest BCUT2D eigenvalue weighted by Crippen LogP contribution is -1.96. The molecule has 0 saturated carbocycles. The van der Waals surface area contributed by atoms with Crippen molar-refractivity contribution >= 4 is 7.82 Å². The van der Waals surface area contributed by atoms with Gasteiger partial charge in [-0.05, 0) is 32.8 Å². The lowest BCUT2D eigenvalue weighted by atomic mass is 10.1. The van der Waals surface area contributed by atoms with E-state index < -0.39 is 7.82 Å². The molecule has 0 aliphatic rings. The van der Waals surface area contributed by atoms with Crippen molar-refractivity contribution in [3.63, 3.8) is 0 Å². The van der Waals surface area contributed by atoms with E-state index in [1.165, 1.54) is 31.9 Å². The summed E-state index contributed by atoms with van der Waals surface area (Å²) < 4.78 is 26.9. The van der Waals surface area contributed by atoms with Crippen molar-refractivity contribution in [2.75, 3.05) is 13.2 Å². The molecule has 0 fully saturated rings. The van der Waals surface area contributed by atoms with E-state index in [4.69, 9.17) is 13.6 Å². The second kappa shape index (κ2) is 12.5. The second-order valence-electron chi connectivity index (χ2n) is 3.99. The fraction of sp³-hybridized carbons (Fsp3) is 0.714. The van der Waals surface area contributed by atoms with Gasteiger partial charge in [0.2, 0.25) is 0 Å². The Balaban J connectivity index is 3.86. The monoisotopic (exact) mass is 290 g/mol. The number of rotatable bonds is 12. The van der Waals surface area contributed by atoms with Gasteiger partial charge in [0.1, 0.15) is 0 Å². The molecule has 0 bridgehead atoms. The van der Waals surface area contributed by atoms with Crippen LogP contribution in [0.2, 0.25) is 0 Å². The summed E-state index contributed by atoms with van der Waals surface area (Å²) in [4.78, 5) is 0. The number of phosphoric acid groups is 1. The molecule has 0 rings (SSSR count). The minimum absolute atomic E-state index is 0.290. The second-order valence-corrected chi connectivity index (χ2v) is 5.62. The normalized spacial score (nSPS) is 12.6. The number of unbranched alkanes of at least 4 members (excludes halogenated alkanes) is 4. The van der Waals surface area contributed by atoms with E-state index in [1.807, 2.05) is 6.08 Å². The SMILES string of the molecule is CCCCCC/C=C/C=C/OP(=O)(OCC)OCC. The molecule has 0 amide bonds. The van der Waals surface area contributed by atoms with Gasteiger partial charge in [-0.3, -0.25) is 9.05 Å². The fourth-order valence-corrected chi connectivity index (χ4v) is 2.48. The van der Waals surface area contributed by atoms with Crippen molar-refractivity contribution in [3.8, 4) is 0 Å². The number of allylic oxidation sites excluding steroid dienone is 3. The summed E-state index contributed by atoms with van der Waals surface area (Å²) >= 11 is 0. The van der Waals surface area contributed by atoms with Gasteiger partial charge in [-0.25, -0.2) is 4.57 Å². The third-order valence-corrected chi connectivity index (χ3v) is 3.84. The summed E-state index contributed by atoms with van der Waals surface area (Å²) in [6.07, 6.45) is 13.1. The van der Waals surface area contributed by atoms with Crippen LogP contribution in [0.4, 0.5) is 0 Å². The number of phosphoric ester groups is 1. The van der Waals surface area contributed by atoms with Crippen LogP contribution < -0.4 is 0 Å². The molecule has 0 radical (unpaired) electrons. The molecule has 0 N–H and O–H groups in total. The van der Waals surface area contributed by atoms with Crippen LogP contribution in [0.3, 0.4) is 0 Å². The zero-order valence-corrected chi connectivity index (χ0v) is 13.2. The Morgan fingerprint density at radius 2 is 1.63 bits per heavy atom. The van der Waals surface area contributed by atoms with E-state index in [0.717, 1.165) is 6.42 Å². The van der Waals surface area contributed by atoms with Gasteiger partial charge in [-0.15, -0.1) is 0 Å². The molecule has 0 aromatic rings. The molecule has 0 heterocycles. The van der Waals surface area contributed by atoms with E-state index in [-0.39, 0.29) is 0 Å². The lowest BCUT2D eigenvalue weighted by Gasteiger charge is -2.13. The molecule has 112 valence electrons. The van der Waals surface area contributed by atoms with Gasteiger partial charge in [-0.1, -0.05) is 38.3 Å². The Morgan fingerprint density at radius 3 is 2.21 bits per heavy atom. The van der Waals surface area contributed by atoms with Crippen LogP contribution in [-0.2, 0) is 18.1 Å². The predicted octanol–water partition coefficient (Wildman–Crippen LogP) is 5.22. The van der Waals surface area contributed by atoms with Gasteiger partial charge in [0.25, 0.3) is 0 Å². The molecular weight excluding hydrogens is 263 g/mol. The molecule has 0 unspecified atom stereocenters. The Morgan fingerprint density at radius 1 is 0.947 bits per heavy atom. The maximum Gasteiger partial charge on any atom is 0.529 e. The quantitative estimate of drug-likeness (QED) is 0.214. The molecule has 5 heteroatoms. The first-order chi connectivity index (χ1) is 9.18. The lowest BCUT2D eigenvalue weighted by molar-refractivity contribution is 0.154. The minimum Gasteiger partial charge on any atom is -0.412 e. The average Bonchev–Trinajstić information content (AvgIpc) is 2.37. The minimum atomic E-state index is -3.41. The van der Waals surface area contributed by atoms with E-state index in [2.05, 4.69) is 13.0 Å². The highest BCUT2D eigenvalue weighted by Gasteiger charge is 2.24. The zero-order chi connectivity index (χ0) is 14.4. The Kier molecular flexibility index (Phi) is 12.1. The summed E-state index contributed by atoms with van der Waals surface area (Å²) in [5.74, 6) is 0. The van der Waals surface area contributed by atoms with Crippen molar-refractivity contribution in [2.24, 2.45) is 0 Å². The van der Waals surface area contributed by atoms with Crippen molar-refractivity contribution in [1.82, 2.24) is 0 Å². The highest BCUT2D eigenvalue weighted by Crippen LogP contribution is 2.49. The Bertz CT molecular complexity index is 290. The first-order valence-electron chi connectivity index (χ1n) is 7.07. The van der Waals surface area contributed by atoms with Crippen LogP contribution in [0.15, 0.2) is 24.5 Å². The fourth-order valence-electron chi connectivity index (χ4n) is 1.43. The number of hydrogen-bond donors (Lipinski definition) is 0. The first kappa shape index (κ1) is 18.4. The Labute approximate surface area is 117 Å². The van der Waals surface area contributed by atoms with Gasteiger partial charge in [0.15, 0.2) is 0 Å². The van der Waals surface area contributed by atoms with Gasteiger partial charge in [0, 0.05) is 0 Å². The molecule has 0 atom stereocenters. The predicted molar refractivity (Wildman–Crippen MR) is 79.0 cm³/mol. The van der Waals surface area contributed by atoms with Crippen molar-refractivity contribution in [3.05, 3.63) is 24.5 Å². The van der Waals surface area contributed by atoms with Gasteiger partial charge in [-0.2, -0.15) is 0 Å². The van der Waals surface area contributed by atoms with Crippen molar-refractivity contribution < 1.29 is 18.1 Å². The molecule has 19 heavy (non-hydrogen) atoms. The largest absolute Gasteiger partial charge is 0.529 e. The van der Waals surface area contributed by atoms with Crippen molar-refractivity contribution in [1.29, 1.82) is 0 Å². The van der Waals surface area contributed by atoms with E-state index >= 15 is 0 Å². The molecule has 0 aromatic carbocycles. The topological polar surface area (TPSA) is 44.8 Å². The zero-order valence-electron chi connectivity index (χ0n) is 12.3. The molecule has 0 aromatic heterocycles. The molecule has 0 aliphatic carbocycles. The highest BCUT2D eigenvalue weighted by atomic mass is 31.2. The molecule has 4 nitrogen and oxygen atoms in total. The summed E-state index contributed by atoms with van der Waals surface area (Å²) in [5.41, 5.74) is 0. The van der Waals surface area contributed by atoms with Crippen LogP contribution >= 0.6 is 7.82 Å². The van der Waals surface area contributed by atoms with Crippen LogP contribution in [0.25, 0.3) is 0 Å². The third kappa shape index (κ3) is 11.0. The average molecular weight is 290 g/mol. The maximum absolute atomic E-state index is 11.9. The van der Waals surface area contributed by atoms with E-state index in [9.17, 15) is 4.57 Å². The molecule has 0 aliphatic heterocycles.